The maximum absolute atomic E-state index is 2.32. The molecule has 0 aliphatic carbocycles. The summed E-state index contributed by atoms with van der Waals surface area (Å²) in [5.41, 5.74) is 1.66. The van der Waals surface area contributed by atoms with Crippen LogP contribution in [0.25, 0.3) is 21.5 Å². The second-order valence-corrected chi connectivity index (χ2v) is 6.75. The summed E-state index contributed by atoms with van der Waals surface area (Å²) in [6.07, 6.45) is 0. The number of benzene rings is 2. The van der Waals surface area contributed by atoms with Gasteiger partial charge in [-0.05, 0) is 10.8 Å². The molecular formula is C29H43Hf-9. The van der Waals surface area contributed by atoms with Crippen LogP contribution in [0, 0.1) is 52.0 Å². The first-order valence-electron chi connectivity index (χ1n) is 7.81. The summed E-state index contributed by atoms with van der Waals surface area (Å²) in [4.78, 5) is 0. The van der Waals surface area contributed by atoms with Gasteiger partial charge in [0.1, 0.15) is 0 Å². The van der Waals surface area contributed by atoms with E-state index in [0.29, 0.717) is 0 Å². The molecule has 0 atom stereocenters. The van der Waals surface area contributed by atoms with E-state index >= 15 is 0 Å². The Balaban J connectivity index is -0.0000000997. The molecule has 30 heavy (non-hydrogen) atoms. The maximum atomic E-state index is 2.32. The molecule has 0 aliphatic heterocycles. The molecule has 0 nitrogen and oxygen atoms in total. The van der Waals surface area contributed by atoms with Crippen LogP contribution in [0.5, 0.6) is 0 Å². The van der Waals surface area contributed by atoms with Crippen LogP contribution in [0.1, 0.15) is 26.3 Å². The number of fused-ring (bicyclic) bond motifs is 2. The van der Waals surface area contributed by atoms with Gasteiger partial charge in [0.2, 0.25) is 0 Å². The smallest absolute Gasteiger partial charge is 0 e. The molecule has 0 saturated heterocycles. The molecule has 0 N–H and O–H groups in total. The zero-order chi connectivity index (χ0) is 15.6. The van der Waals surface area contributed by atoms with Crippen molar-refractivity contribution in [3.05, 3.63) is 136 Å². The van der Waals surface area contributed by atoms with E-state index in [0.717, 1.165) is 0 Å². The van der Waals surface area contributed by atoms with Gasteiger partial charge in [-0.25, -0.2) is 12.1 Å². The molecule has 0 saturated carbocycles. The maximum Gasteiger partial charge on any atom is 0 e. The first-order valence-corrected chi connectivity index (χ1v) is 7.81. The van der Waals surface area contributed by atoms with E-state index < -0.39 is 0 Å². The molecular weight excluding hydrogens is 527 g/mol. The van der Waals surface area contributed by atoms with Crippen molar-refractivity contribution in [2.45, 2.75) is 26.2 Å². The number of rotatable bonds is 0. The van der Waals surface area contributed by atoms with Crippen LogP contribution in [0.3, 0.4) is 0 Å². The average Bonchev–Trinajstić information content (AvgIpc) is 3.16. The van der Waals surface area contributed by atoms with Gasteiger partial charge >= 0.3 is 0 Å². The molecule has 4 rings (SSSR count). The van der Waals surface area contributed by atoms with Crippen LogP contribution in [0.15, 0.2) is 78.9 Å². The normalized spacial score (nSPS) is 8.37. The van der Waals surface area contributed by atoms with Crippen LogP contribution in [-0.4, -0.2) is 0 Å². The Morgan fingerprint density at radius 1 is 0.633 bits per heavy atom. The fourth-order valence-electron chi connectivity index (χ4n) is 2.87. The zero-order valence-electron chi connectivity index (χ0n) is 21.0. The molecule has 0 fully saturated rings. The fourth-order valence-corrected chi connectivity index (χ4v) is 2.87. The number of hydrogen-bond donors (Lipinski definition) is 0. The predicted octanol–water partition coefficient (Wildman–Crippen LogP) is 9.56. The quantitative estimate of drug-likeness (QED) is 0.146. The molecule has 1 heteroatoms. The third-order valence-corrected chi connectivity index (χ3v) is 4.00. The molecule has 0 unspecified atom stereocenters. The van der Waals surface area contributed by atoms with Crippen molar-refractivity contribution >= 4 is 21.5 Å². The van der Waals surface area contributed by atoms with Crippen LogP contribution in [-0.2, 0) is 31.3 Å². The summed E-state index contributed by atoms with van der Waals surface area (Å²) in [7, 11) is 0. The molecule has 0 aromatic heterocycles. The van der Waals surface area contributed by atoms with E-state index in [-0.39, 0.29) is 83.2 Å². The van der Waals surface area contributed by atoms with Crippen molar-refractivity contribution in [2.75, 3.05) is 0 Å². The van der Waals surface area contributed by atoms with Crippen molar-refractivity contribution < 1.29 is 25.8 Å². The van der Waals surface area contributed by atoms with Crippen LogP contribution in [0.4, 0.5) is 0 Å². The first kappa shape index (κ1) is 42.6. The van der Waals surface area contributed by atoms with E-state index in [1.165, 1.54) is 27.1 Å². The monoisotopic (exact) mass is 571 g/mol. The average molecular weight is 570 g/mol. The fraction of sp³-hybridized carbons (Fsp3) is 0.138. The van der Waals surface area contributed by atoms with Gasteiger partial charge in [-0.1, -0.05) is 56.5 Å². The minimum absolute atomic E-state index is 0. The summed E-state index contributed by atoms with van der Waals surface area (Å²) >= 11 is 0. The molecule has 4 aromatic rings. The summed E-state index contributed by atoms with van der Waals surface area (Å²) < 4.78 is 0. The molecule has 172 valence electrons. The molecule has 0 aliphatic rings. The summed E-state index contributed by atoms with van der Waals surface area (Å²) in [5, 5.41) is 5.41. The van der Waals surface area contributed by atoms with Gasteiger partial charge in [-0.3, -0.25) is 0 Å². The van der Waals surface area contributed by atoms with Crippen LogP contribution >= 0.6 is 0 Å². The van der Waals surface area contributed by atoms with Gasteiger partial charge in [0.25, 0.3) is 0 Å². The summed E-state index contributed by atoms with van der Waals surface area (Å²) in [5.74, 6) is 0. The first-order chi connectivity index (χ1) is 10.6. The largest absolute Gasteiger partial charge is 0.358 e. The van der Waals surface area contributed by atoms with Gasteiger partial charge in [-0.15, -0.1) is 28.5 Å². The molecule has 0 heterocycles. The minimum atomic E-state index is 0. The van der Waals surface area contributed by atoms with Gasteiger partial charge in [0.15, 0.2) is 0 Å². The Kier molecular flexibility index (Phi) is 26.0. The van der Waals surface area contributed by atoms with Crippen molar-refractivity contribution in [1.82, 2.24) is 0 Å². The third-order valence-electron chi connectivity index (χ3n) is 4.00. The second kappa shape index (κ2) is 18.3. The molecule has 0 bridgehead atoms. The standard InChI is InChI=1S/C17H17.C5H5.7CH3.Hf/c1-17(2,3)16-9-8-14-10-12-6-4-5-7-13(12)11-15(14)16;1-2-4-5-3-1;;;;;;;;/h4-11H,1-3H3;1-5H;7*1H3;/q9*-1;. The third kappa shape index (κ3) is 10.0. The molecule has 0 spiro atoms. The topological polar surface area (TPSA) is 0 Å². The van der Waals surface area contributed by atoms with Gasteiger partial charge in [-0.2, -0.15) is 24.3 Å². The minimum Gasteiger partial charge on any atom is -0.358 e. The van der Waals surface area contributed by atoms with Crippen molar-refractivity contribution in [3.8, 4) is 0 Å². The van der Waals surface area contributed by atoms with Gasteiger partial charge in [0, 0.05) is 25.8 Å². The van der Waals surface area contributed by atoms with E-state index in [1.54, 1.807) is 0 Å². The Labute approximate surface area is 209 Å². The zero-order valence-corrected chi connectivity index (χ0v) is 24.6. The van der Waals surface area contributed by atoms with E-state index in [4.69, 9.17) is 0 Å². The summed E-state index contributed by atoms with van der Waals surface area (Å²) in [6.45, 7) is 6.82. The Morgan fingerprint density at radius 2 is 1.10 bits per heavy atom. The van der Waals surface area contributed by atoms with Gasteiger partial charge in [0.05, 0.1) is 0 Å². The Bertz CT molecular complexity index is 841. The Morgan fingerprint density at radius 3 is 1.50 bits per heavy atom. The predicted molar refractivity (Wildman–Crippen MR) is 143 cm³/mol. The van der Waals surface area contributed by atoms with E-state index in [2.05, 4.69) is 69.3 Å². The van der Waals surface area contributed by atoms with E-state index in [1.807, 2.05) is 30.3 Å². The van der Waals surface area contributed by atoms with E-state index in [9.17, 15) is 0 Å². The summed E-state index contributed by atoms with van der Waals surface area (Å²) in [6, 6.07) is 27.7. The second-order valence-electron chi connectivity index (χ2n) is 6.75. The van der Waals surface area contributed by atoms with Gasteiger partial charge < -0.3 is 52.0 Å². The molecule has 0 radical (unpaired) electrons. The van der Waals surface area contributed by atoms with Crippen LogP contribution in [0.2, 0.25) is 0 Å². The van der Waals surface area contributed by atoms with Crippen molar-refractivity contribution in [2.24, 2.45) is 0 Å². The van der Waals surface area contributed by atoms with Crippen molar-refractivity contribution in [1.29, 1.82) is 0 Å². The van der Waals surface area contributed by atoms with Crippen molar-refractivity contribution in [3.63, 3.8) is 0 Å². The van der Waals surface area contributed by atoms with Crippen LogP contribution < -0.4 is 0 Å². The number of hydrogen-bond acceptors (Lipinski definition) is 0. The SMILES string of the molecule is CC(C)(C)[c-]1ccc2cc3ccccc3cc21.[CH3-].[CH3-].[CH3-].[CH3-].[CH3-].[CH3-].[CH3-].[Hf].c1cc[cH-]c1. The molecule has 0 amide bonds. The Hall–Kier alpha value is -1.47. The molecule has 4 aromatic carbocycles.